The van der Waals surface area contributed by atoms with Gasteiger partial charge in [0.05, 0.1) is 4.92 Å². The molecule has 1 fully saturated rings. The van der Waals surface area contributed by atoms with Crippen LogP contribution in [0.15, 0.2) is 18.2 Å². The Bertz CT molecular complexity index is 468. The molecule has 20 heavy (non-hydrogen) atoms. The van der Waals surface area contributed by atoms with Crippen molar-refractivity contribution in [3.8, 4) is 0 Å². The lowest BCUT2D eigenvalue weighted by atomic mass is 9.94. The number of hydrogen-bond acceptors (Lipinski definition) is 4. The van der Waals surface area contributed by atoms with Crippen molar-refractivity contribution in [1.82, 2.24) is 4.90 Å². The number of anilines is 1. The summed E-state index contributed by atoms with van der Waals surface area (Å²) in [4.78, 5) is 12.7. The van der Waals surface area contributed by atoms with E-state index in [4.69, 9.17) is 0 Å². The minimum atomic E-state index is -0.352. The predicted octanol–water partition coefficient (Wildman–Crippen LogP) is 3.05. The number of non-ortho nitro benzene ring substituents is 1. The summed E-state index contributed by atoms with van der Waals surface area (Å²) < 4.78 is 0. The van der Waals surface area contributed by atoms with Gasteiger partial charge in [-0.2, -0.15) is 0 Å². The Morgan fingerprint density at radius 1 is 1.40 bits per heavy atom. The van der Waals surface area contributed by atoms with Gasteiger partial charge in [-0.3, -0.25) is 10.1 Å². The molecule has 0 aliphatic carbocycles. The zero-order chi connectivity index (χ0) is 14.5. The van der Waals surface area contributed by atoms with Gasteiger partial charge in [0.15, 0.2) is 0 Å². The van der Waals surface area contributed by atoms with E-state index in [1.807, 2.05) is 13.0 Å². The van der Waals surface area contributed by atoms with Crippen molar-refractivity contribution in [2.45, 2.75) is 26.2 Å². The highest BCUT2D eigenvalue weighted by atomic mass is 16.6. The van der Waals surface area contributed by atoms with Gasteiger partial charge in [0.25, 0.3) is 5.69 Å². The first-order valence-corrected chi connectivity index (χ1v) is 7.23. The number of nitrogens with zero attached hydrogens (tertiary/aromatic N) is 2. The zero-order valence-electron chi connectivity index (χ0n) is 12.3. The van der Waals surface area contributed by atoms with Crippen LogP contribution in [0, 0.1) is 23.0 Å². The summed E-state index contributed by atoms with van der Waals surface area (Å²) in [6, 6.07) is 4.99. The average Bonchev–Trinajstić information content (AvgIpc) is 2.42. The summed E-state index contributed by atoms with van der Waals surface area (Å²) in [5, 5.41) is 14.1. The third-order valence-electron chi connectivity index (χ3n) is 4.13. The summed E-state index contributed by atoms with van der Waals surface area (Å²) in [5.41, 5.74) is 2.09. The van der Waals surface area contributed by atoms with Crippen LogP contribution in [-0.4, -0.2) is 36.5 Å². The number of benzene rings is 1. The number of hydrogen-bond donors (Lipinski definition) is 1. The van der Waals surface area contributed by atoms with Crippen LogP contribution in [-0.2, 0) is 0 Å². The molecule has 2 rings (SSSR count). The highest BCUT2D eigenvalue weighted by Gasteiger charge is 2.16. The molecule has 1 heterocycles. The summed E-state index contributed by atoms with van der Waals surface area (Å²) in [5.74, 6) is 0.803. The minimum absolute atomic E-state index is 0.156. The highest BCUT2D eigenvalue weighted by Crippen LogP contribution is 2.23. The van der Waals surface area contributed by atoms with Crippen molar-refractivity contribution in [1.29, 1.82) is 0 Å². The van der Waals surface area contributed by atoms with Gasteiger partial charge >= 0.3 is 0 Å². The van der Waals surface area contributed by atoms with E-state index in [-0.39, 0.29) is 10.6 Å². The molecule has 1 aromatic rings. The standard InChI is InChI=1S/C15H23N3O2/c1-12-11-14(18(19)20)3-4-15(12)16-8-5-13-6-9-17(2)10-7-13/h3-4,11,13,16H,5-10H2,1-2H3. The topological polar surface area (TPSA) is 58.4 Å². The van der Waals surface area contributed by atoms with Crippen LogP contribution in [0.4, 0.5) is 11.4 Å². The van der Waals surface area contributed by atoms with E-state index in [0.29, 0.717) is 0 Å². The van der Waals surface area contributed by atoms with E-state index >= 15 is 0 Å². The second-order valence-corrected chi connectivity index (χ2v) is 5.72. The number of piperidine rings is 1. The van der Waals surface area contributed by atoms with Crippen molar-refractivity contribution in [3.05, 3.63) is 33.9 Å². The lowest BCUT2D eigenvalue weighted by molar-refractivity contribution is -0.384. The lowest BCUT2D eigenvalue weighted by Crippen LogP contribution is -2.30. The number of nitro groups is 1. The van der Waals surface area contributed by atoms with E-state index < -0.39 is 0 Å². The van der Waals surface area contributed by atoms with Gasteiger partial charge in [-0.05, 0) is 63.9 Å². The first-order valence-electron chi connectivity index (χ1n) is 7.23. The van der Waals surface area contributed by atoms with Crippen molar-refractivity contribution >= 4 is 11.4 Å². The Hall–Kier alpha value is -1.62. The first kappa shape index (κ1) is 14.8. The molecule has 0 aromatic heterocycles. The molecule has 1 aliphatic heterocycles. The van der Waals surface area contributed by atoms with Gasteiger partial charge in [-0.15, -0.1) is 0 Å². The molecular formula is C15H23N3O2. The van der Waals surface area contributed by atoms with Crippen LogP contribution in [0.5, 0.6) is 0 Å². The molecule has 0 unspecified atom stereocenters. The van der Waals surface area contributed by atoms with Crippen molar-refractivity contribution in [2.75, 3.05) is 32.0 Å². The van der Waals surface area contributed by atoms with Crippen LogP contribution in [0.1, 0.15) is 24.8 Å². The summed E-state index contributed by atoms with van der Waals surface area (Å²) in [6.45, 7) is 5.24. The van der Waals surface area contributed by atoms with Gasteiger partial charge in [0.2, 0.25) is 0 Å². The quantitative estimate of drug-likeness (QED) is 0.664. The molecule has 110 valence electrons. The summed E-state index contributed by atoms with van der Waals surface area (Å²) in [6.07, 6.45) is 3.72. The van der Waals surface area contributed by atoms with Crippen molar-refractivity contribution < 1.29 is 4.92 Å². The van der Waals surface area contributed by atoms with E-state index in [2.05, 4.69) is 17.3 Å². The predicted molar refractivity (Wildman–Crippen MR) is 81.2 cm³/mol. The van der Waals surface area contributed by atoms with Gasteiger partial charge in [-0.25, -0.2) is 0 Å². The smallest absolute Gasteiger partial charge is 0.269 e. The second-order valence-electron chi connectivity index (χ2n) is 5.72. The molecule has 0 amide bonds. The monoisotopic (exact) mass is 277 g/mol. The van der Waals surface area contributed by atoms with E-state index in [0.717, 1.165) is 23.7 Å². The zero-order valence-corrected chi connectivity index (χ0v) is 12.3. The second kappa shape index (κ2) is 6.70. The third kappa shape index (κ3) is 3.93. The van der Waals surface area contributed by atoms with E-state index in [1.165, 1.54) is 32.4 Å². The summed E-state index contributed by atoms with van der Waals surface area (Å²) in [7, 11) is 2.18. The lowest BCUT2D eigenvalue weighted by Gasteiger charge is -2.29. The molecule has 1 saturated heterocycles. The van der Waals surface area contributed by atoms with Gasteiger partial charge < -0.3 is 10.2 Å². The fourth-order valence-corrected chi connectivity index (χ4v) is 2.72. The number of nitro benzene ring substituents is 1. The molecule has 0 saturated carbocycles. The SMILES string of the molecule is Cc1cc([N+](=O)[O-])ccc1NCCC1CCN(C)CC1. The molecule has 1 aromatic carbocycles. The van der Waals surface area contributed by atoms with Crippen LogP contribution >= 0.6 is 0 Å². The van der Waals surface area contributed by atoms with Crippen molar-refractivity contribution in [3.63, 3.8) is 0 Å². The Kier molecular flexibility index (Phi) is 4.95. The maximum absolute atomic E-state index is 10.7. The third-order valence-corrected chi connectivity index (χ3v) is 4.13. The molecule has 0 atom stereocenters. The first-order chi connectivity index (χ1) is 9.56. The Balaban J connectivity index is 1.81. The molecule has 1 aliphatic rings. The number of nitrogens with one attached hydrogen (secondary N) is 1. The maximum atomic E-state index is 10.7. The van der Waals surface area contributed by atoms with Crippen LogP contribution in [0.25, 0.3) is 0 Å². The minimum Gasteiger partial charge on any atom is -0.385 e. The molecule has 0 spiro atoms. The Morgan fingerprint density at radius 2 is 2.10 bits per heavy atom. The van der Waals surface area contributed by atoms with E-state index in [9.17, 15) is 10.1 Å². The molecule has 0 bridgehead atoms. The molecule has 5 nitrogen and oxygen atoms in total. The fraction of sp³-hybridized carbons (Fsp3) is 0.600. The fourth-order valence-electron chi connectivity index (χ4n) is 2.72. The largest absolute Gasteiger partial charge is 0.385 e. The van der Waals surface area contributed by atoms with Crippen molar-refractivity contribution in [2.24, 2.45) is 5.92 Å². The van der Waals surface area contributed by atoms with E-state index in [1.54, 1.807) is 12.1 Å². The number of aryl methyl sites for hydroxylation is 1. The summed E-state index contributed by atoms with van der Waals surface area (Å²) >= 11 is 0. The van der Waals surface area contributed by atoms with Crippen LogP contribution in [0.2, 0.25) is 0 Å². The molecular weight excluding hydrogens is 254 g/mol. The Morgan fingerprint density at radius 3 is 2.70 bits per heavy atom. The number of rotatable bonds is 5. The van der Waals surface area contributed by atoms with Crippen LogP contribution in [0.3, 0.4) is 0 Å². The molecule has 0 radical (unpaired) electrons. The Labute approximate surface area is 120 Å². The number of likely N-dealkylation sites (tertiary alicyclic amines) is 1. The highest BCUT2D eigenvalue weighted by molar-refractivity contribution is 5.55. The molecule has 1 N–H and O–H groups in total. The maximum Gasteiger partial charge on any atom is 0.269 e. The van der Waals surface area contributed by atoms with Gasteiger partial charge in [0, 0.05) is 24.4 Å². The normalized spacial score (nSPS) is 17.1. The molecule has 5 heteroatoms. The average molecular weight is 277 g/mol. The van der Waals surface area contributed by atoms with Gasteiger partial charge in [0.1, 0.15) is 0 Å². The van der Waals surface area contributed by atoms with Crippen LogP contribution < -0.4 is 5.32 Å². The van der Waals surface area contributed by atoms with Gasteiger partial charge in [-0.1, -0.05) is 0 Å².